The fourth-order valence-electron chi connectivity index (χ4n) is 3.55. The SMILES string of the molecule is C[C@H]1CN(c2cccc(-c3n[nH]c4cnc(C(C=NCCF)=CN)cc34)n2)CCN1. The summed E-state index contributed by atoms with van der Waals surface area (Å²) in [4.78, 5) is 15.6. The standard InChI is InChI=1S/C21H25FN8/c1-14-13-30(8-7-25-14)20-4-2-3-17(27-20)21-16-9-18(26-12-19(16)28-29-21)15(10-23)11-24-6-5-22/h2-4,9-12,14,25H,5-8,13,23H2,1H3,(H,28,29)/t14-/m0/s1. The Morgan fingerprint density at radius 3 is 3.13 bits per heavy atom. The number of nitrogens with one attached hydrogen (secondary N) is 2. The molecular formula is C21H25FN8. The summed E-state index contributed by atoms with van der Waals surface area (Å²) in [5.41, 5.74) is 9.33. The van der Waals surface area contributed by atoms with E-state index in [1.165, 1.54) is 12.4 Å². The maximum atomic E-state index is 12.3. The number of anilines is 1. The van der Waals surface area contributed by atoms with Crippen LogP contribution in [0, 0.1) is 0 Å². The molecule has 0 bridgehead atoms. The predicted molar refractivity (Wildman–Crippen MR) is 118 cm³/mol. The Balaban J connectivity index is 1.69. The summed E-state index contributed by atoms with van der Waals surface area (Å²) in [6, 6.07) is 8.30. The molecule has 1 aliphatic rings. The zero-order chi connectivity index (χ0) is 20.9. The molecule has 0 aliphatic carbocycles. The Bertz CT molecular complexity index is 1070. The average Bonchev–Trinajstić information content (AvgIpc) is 3.20. The lowest BCUT2D eigenvalue weighted by atomic mass is 10.1. The van der Waals surface area contributed by atoms with Gasteiger partial charge in [-0.25, -0.2) is 9.37 Å². The first-order valence-electron chi connectivity index (χ1n) is 9.97. The molecule has 156 valence electrons. The molecule has 0 spiro atoms. The summed E-state index contributed by atoms with van der Waals surface area (Å²) in [6.45, 7) is 4.52. The molecule has 0 aromatic carbocycles. The van der Waals surface area contributed by atoms with Gasteiger partial charge in [0.2, 0.25) is 0 Å². The van der Waals surface area contributed by atoms with E-state index in [1.807, 2.05) is 24.3 Å². The number of aliphatic imine (C=N–C) groups is 1. The second-order valence-electron chi connectivity index (χ2n) is 7.22. The third-order valence-electron chi connectivity index (χ3n) is 5.04. The molecule has 4 N–H and O–H groups in total. The number of allylic oxidation sites excluding steroid dienone is 1. The van der Waals surface area contributed by atoms with Crippen molar-refractivity contribution in [3.8, 4) is 11.4 Å². The van der Waals surface area contributed by atoms with Crippen LogP contribution in [-0.4, -0.2) is 65.3 Å². The minimum atomic E-state index is -0.513. The van der Waals surface area contributed by atoms with E-state index in [0.29, 0.717) is 17.3 Å². The lowest BCUT2D eigenvalue weighted by molar-refractivity contribution is 0.482. The highest BCUT2D eigenvalue weighted by Gasteiger charge is 2.18. The second kappa shape index (κ2) is 9.00. The van der Waals surface area contributed by atoms with Crippen molar-refractivity contribution >= 4 is 28.5 Å². The van der Waals surface area contributed by atoms with Gasteiger partial charge in [-0.3, -0.25) is 15.1 Å². The number of H-pyrrole nitrogens is 1. The molecule has 0 amide bonds. The molecule has 30 heavy (non-hydrogen) atoms. The fraction of sp³-hybridized carbons (Fsp3) is 0.333. The van der Waals surface area contributed by atoms with E-state index >= 15 is 0 Å². The first kappa shape index (κ1) is 20.0. The van der Waals surface area contributed by atoms with Gasteiger partial charge in [0, 0.05) is 49.0 Å². The molecule has 8 nitrogen and oxygen atoms in total. The highest BCUT2D eigenvalue weighted by Crippen LogP contribution is 2.28. The minimum absolute atomic E-state index is 0.0951. The Kier molecular flexibility index (Phi) is 5.99. The molecule has 1 atom stereocenters. The first-order chi connectivity index (χ1) is 14.7. The third kappa shape index (κ3) is 4.16. The number of hydrogen-bond acceptors (Lipinski definition) is 7. The third-order valence-corrected chi connectivity index (χ3v) is 5.04. The van der Waals surface area contributed by atoms with Crippen LogP contribution in [0.5, 0.6) is 0 Å². The van der Waals surface area contributed by atoms with E-state index in [-0.39, 0.29) is 6.54 Å². The van der Waals surface area contributed by atoms with Crippen molar-refractivity contribution in [2.75, 3.05) is 37.8 Å². The average molecular weight is 408 g/mol. The van der Waals surface area contributed by atoms with Gasteiger partial charge in [0.05, 0.1) is 29.6 Å². The van der Waals surface area contributed by atoms with Crippen LogP contribution >= 0.6 is 0 Å². The number of nitrogens with two attached hydrogens (primary N) is 1. The van der Waals surface area contributed by atoms with Crippen LogP contribution in [0.2, 0.25) is 0 Å². The number of rotatable bonds is 6. The molecule has 3 aromatic heterocycles. The fourth-order valence-corrected chi connectivity index (χ4v) is 3.55. The van der Waals surface area contributed by atoms with Crippen molar-refractivity contribution in [3.05, 3.63) is 42.4 Å². The van der Waals surface area contributed by atoms with Crippen molar-refractivity contribution in [2.45, 2.75) is 13.0 Å². The molecule has 1 saturated heterocycles. The van der Waals surface area contributed by atoms with Crippen LogP contribution in [-0.2, 0) is 0 Å². The van der Waals surface area contributed by atoms with Crippen molar-refractivity contribution in [3.63, 3.8) is 0 Å². The van der Waals surface area contributed by atoms with Gasteiger partial charge < -0.3 is 16.0 Å². The van der Waals surface area contributed by atoms with Gasteiger partial charge in [0.15, 0.2) is 0 Å². The zero-order valence-corrected chi connectivity index (χ0v) is 16.8. The highest BCUT2D eigenvalue weighted by molar-refractivity contribution is 6.10. The van der Waals surface area contributed by atoms with Gasteiger partial charge in [-0.2, -0.15) is 5.10 Å². The number of nitrogens with zero attached hydrogens (tertiary/aromatic N) is 5. The van der Waals surface area contributed by atoms with Crippen LogP contribution < -0.4 is 16.0 Å². The lowest BCUT2D eigenvalue weighted by Gasteiger charge is -2.32. The Morgan fingerprint density at radius 2 is 2.33 bits per heavy atom. The number of halogens is 1. The minimum Gasteiger partial charge on any atom is -0.404 e. The summed E-state index contributed by atoms with van der Waals surface area (Å²) in [5, 5.41) is 11.8. The summed E-state index contributed by atoms with van der Waals surface area (Å²) in [5.74, 6) is 0.937. The maximum absolute atomic E-state index is 12.3. The molecule has 0 unspecified atom stereocenters. The van der Waals surface area contributed by atoms with E-state index in [0.717, 1.165) is 47.7 Å². The Hall–Kier alpha value is -3.33. The molecular weight excluding hydrogens is 383 g/mol. The normalized spacial score (nSPS) is 17.9. The molecule has 4 rings (SSSR count). The summed E-state index contributed by atoms with van der Waals surface area (Å²) >= 11 is 0. The number of aromatic amines is 1. The number of hydrogen-bond donors (Lipinski definition) is 3. The van der Waals surface area contributed by atoms with Crippen molar-refractivity contribution in [1.29, 1.82) is 0 Å². The lowest BCUT2D eigenvalue weighted by Crippen LogP contribution is -2.49. The summed E-state index contributed by atoms with van der Waals surface area (Å²) < 4.78 is 12.3. The molecule has 0 saturated carbocycles. The van der Waals surface area contributed by atoms with Gasteiger partial charge in [0.25, 0.3) is 0 Å². The Labute approximate surface area is 174 Å². The largest absolute Gasteiger partial charge is 0.404 e. The molecule has 4 heterocycles. The van der Waals surface area contributed by atoms with E-state index in [1.54, 1.807) is 6.20 Å². The topological polar surface area (TPSA) is 108 Å². The first-order valence-corrected chi connectivity index (χ1v) is 9.97. The summed E-state index contributed by atoms with van der Waals surface area (Å²) in [7, 11) is 0. The van der Waals surface area contributed by atoms with Crippen LogP contribution in [0.3, 0.4) is 0 Å². The van der Waals surface area contributed by atoms with Crippen LogP contribution in [0.15, 0.2) is 41.7 Å². The van der Waals surface area contributed by atoms with Crippen molar-refractivity contribution in [2.24, 2.45) is 10.7 Å². The monoisotopic (exact) mass is 408 g/mol. The number of pyridine rings is 2. The van der Waals surface area contributed by atoms with Crippen molar-refractivity contribution in [1.82, 2.24) is 25.5 Å². The van der Waals surface area contributed by atoms with E-state index in [9.17, 15) is 4.39 Å². The number of fused-ring (bicyclic) bond motifs is 1. The zero-order valence-electron chi connectivity index (χ0n) is 16.8. The van der Waals surface area contributed by atoms with Gasteiger partial charge in [-0.1, -0.05) is 6.07 Å². The molecule has 9 heteroatoms. The van der Waals surface area contributed by atoms with E-state index < -0.39 is 6.67 Å². The van der Waals surface area contributed by atoms with Crippen LogP contribution in [0.1, 0.15) is 12.6 Å². The molecule has 3 aromatic rings. The van der Waals surface area contributed by atoms with E-state index in [2.05, 4.69) is 37.3 Å². The van der Waals surface area contributed by atoms with Crippen molar-refractivity contribution < 1.29 is 4.39 Å². The number of piperazine rings is 1. The van der Waals surface area contributed by atoms with Gasteiger partial charge in [0.1, 0.15) is 18.2 Å². The quantitative estimate of drug-likeness (QED) is 0.540. The van der Waals surface area contributed by atoms with E-state index in [4.69, 9.17) is 10.7 Å². The molecule has 1 aliphatic heterocycles. The smallest absolute Gasteiger partial charge is 0.129 e. The predicted octanol–water partition coefficient (Wildman–Crippen LogP) is 2.16. The number of aromatic nitrogens is 4. The summed E-state index contributed by atoms with van der Waals surface area (Å²) in [6.07, 6.45) is 4.66. The molecule has 0 radical (unpaired) electrons. The number of alkyl halides is 1. The van der Waals surface area contributed by atoms with Gasteiger partial charge in [-0.15, -0.1) is 0 Å². The Morgan fingerprint density at radius 1 is 1.43 bits per heavy atom. The van der Waals surface area contributed by atoms with Gasteiger partial charge in [-0.05, 0) is 25.1 Å². The van der Waals surface area contributed by atoms with Crippen LogP contribution in [0.4, 0.5) is 10.2 Å². The van der Waals surface area contributed by atoms with Crippen LogP contribution in [0.25, 0.3) is 27.9 Å². The maximum Gasteiger partial charge on any atom is 0.129 e. The highest BCUT2D eigenvalue weighted by atomic mass is 19.1. The molecule has 1 fully saturated rings. The second-order valence-corrected chi connectivity index (χ2v) is 7.22. The van der Waals surface area contributed by atoms with Gasteiger partial charge >= 0.3 is 0 Å².